The molecule has 0 spiro atoms. The van der Waals surface area contributed by atoms with Crippen LogP contribution in [0.2, 0.25) is 0 Å². The largest absolute Gasteiger partial charge is 0.391 e. The Labute approximate surface area is 174 Å². The normalized spacial score (nSPS) is 23.4. The van der Waals surface area contributed by atoms with Crippen LogP contribution in [0.3, 0.4) is 0 Å². The summed E-state index contributed by atoms with van der Waals surface area (Å²) in [5.41, 5.74) is 3.05. The van der Waals surface area contributed by atoms with E-state index in [0.717, 1.165) is 52.4 Å². The first-order chi connectivity index (χ1) is 14.7. The minimum absolute atomic E-state index is 0.0535. The number of hydrogen-bond acceptors (Lipinski definition) is 4. The molecule has 0 radical (unpaired) electrons. The van der Waals surface area contributed by atoms with Gasteiger partial charge in [0, 0.05) is 42.3 Å². The highest BCUT2D eigenvalue weighted by Gasteiger charge is 2.42. The van der Waals surface area contributed by atoms with Gasteiger partial charge in [0.25, 0.3) is 5.56 Å². The molecule has 150 valence electrons. The van der Waals surface area contributed by atoms with E-state index in [1.165, 1.54) is 0 Å². The fraction of sp³-hybridized carbons (Fsp3) is 0.280. The molecule has 5 nitrogen and oxygen atoms in total. The second-order valence-electron chi connectivity index (χ2n) is 8.50. The summed E-state index contributed by atoms with van der Waals surface area (Å²) >= 11 is 0. The maximum atomic E-state index is 13.5. The lowest BCUT2D eigenvalue weighted by Gasteiger charge is -2.20. The Morgan fingerprint density at radius 3 is 2.70 bits per heavy atom. The predicted octanol–water partition coefficient (Wildman–Crippen LogP) is 3.85. The van der Waals surface area contributed by atoms with Crippen LogP contribution < -0.4 is 10.5 Å². The van der Waals surface area contributed by atoms with E-state index in [1.54, 1.807) is 0 Å². The number of β-amino-alcohol motifs (C(OH)–C–C–N with tert-alkyl or cyclic N) is 1. The molecule has 3 heterocycles. The van der Waals surface area contributed by atoms with E-state index in [9.17, 15) is 9.90 Å². The summed E-state index contributed by atoms with van der Waals surface area (Å²) in [5.74, 6) is 0.269. The van der Waals surface area contributed by atoms with Crippen molar-refractivity contribution in [3.63, 3.8) is 0 Å². The van der Waals surface area contributed by atoms with Crippen LogP contribution in [0, 0.1) is 0 Å². The second-order valence-corrected chi connectivity index (χ2v) is 8.50. The minimum Gasteiger partial charge on any atom is -0.391 e. The quantitative estimate of drug-likeness (QED) is 0.571. The smallest absolute Gasteiger partial charge is 0.260 e. The van der Waals surface area contributed by atoms with Gasteiger partial charge in [-0.25, -0.2) is 0 Å². The van der Waals surface area contributed by atoms with E-state index in [-0.39, 0.29) is 23.6 Å². The van der Waals surface area contributed by atoms with E-state index in [0.29, 0.717) is 6.54 Å². The fourth-order valence-corrected chi connectivity index (χ4v) is 4.87. The minimum atomic E-state index is -0.321. The summed E-state index contributed by atoms with van der Waals surface area (Å²) in [5, 5.41) is 12.8. The third-order valence-electron chi connectivity index (χ3n) is 6.56. The zero-order valence-electron chi connectivity index (χ0n) is 16.6. The van der Waals surface area contributed by atoms with Crippen molar-refractivity contribution >= 4 is 27.4 Å². The van der Waals surface area contributed by atoms with E-state index >= 15 is 0 Å². The van der Waals surface area contributed by atoms with Gasteiger partial charge in [-0.05, 0) is 42.5 Å². The molecule has 1 aliphatic heterocycles. The number of fused-ring (bicyclic) bond motifs is 2. The lowest BCUT2D eigenvalue weighted by Crippen LogP contribution is -2.25. The van der Waals surface area contributed by atoms with Gasteiger partial charge in [-0.1, -0.05) is 36.4 Å². The van der Waals surface area contributed by atoms with Crippen molar-refractivity contribution in [3.05, 3.63) is 82.9 Å². The number of aromatic nitrogens is 2. The van der Waals surface area contributed by atoms with Crippen LogP contribution >= 0.6 is 0 Å². The zero-order chi connectivity index (χ0) is 20.2. The second kappa shape index (κ2) is 6.67. The molecule has 0 bridgehead atoms. The fourth-order valence-electron chi connectivity index (χ4n) is 4.87. The number of aliphatic hydroxyl groups is 1. The molecule has 3 atom stereocenters. The van der Waals surface area contributed by atoms with Crippen LogP contribution in [-0.4, -0.2) is 33.9 Å². The lowest BCUT2D eigenvalue weighted by atomic mass is 10.1. The Hall–Kier alpha value is -3.18. The monoisotopic (exact) mass is 397 g/mol. The van der Waals surface area contributed by atoms with Gasteiger partial charge < -0.3 is 14.6 Å². The molecule has 1 N–H and O–H groups in total. The van der Waals surface area contributed by atoms with Crippen LogP contribution in [0.25, 0.3) is 21.7 Å². The first kappa shape index (κ1) is 17.7. The number of aliphatic hydroxyl groups excluding tert-OH is 1. The summed E-state index contributed by atoms with van der Waals surface area (Å²) in [6.45, 7) is 1.36. The molecule has 2 aromatic carbocycles. The van der Waals surface area contributed by atoms with E-state index in [4.69, 9.17) is 4.98 Å². The average molecular weight is 397 g/mol. The highest BCUT2D eigenvalue weighted by atomic mass is 16.3. The van der Waals surface area contributed by atoms with Crippen molar-refractivity contribution in [2.24, 2.45) is 0 Å². The molecule has 1 aliphatic carbocycles. The Balaban J connectivity index is 1.39. The van der Waals surface area contributed by atoms with Crippen molar-refractivity contribution in [3.8, 4) is 0 Å². The van der Waals surface area contributed by atoms with Gasteiger partial charge in [-0.3, -0.25) is 9.78 Å². The van der Waals surface area contributed by atoms with Crippen molar-refractivity contribution in [1.82, 2.24) is 9.55 Å². The van der Waals surface area contributed by atoms with Crippen LogP contribution in [0.15, 0.2) is 71.7 Å². The first-order valence-electron chi connectivity index (χ1n) is 10.6. The zero-order valence-corrected chi connectivity index (χ0v) is 16.6. The molecule has 2 fully saturated rings. The Kier molecular flexibility index (Phi) is 3.93. The molecule has 4 aromatic rings. The molecule has 0 amide bonds. The summed E-state index contributed by atoms with van der Waals surface area (Å²) < 4.78 is 1.89. The summed E-state index contributed by atoms with van der Waals surface area (Å²) in [6, 6.07) is 20.5. The molecule has 2 aromatic heterocycles. The van der Waals surface area contributed by atoms with Crippen molar-refractivity contribution in [2.75, 3.05) is 18.0 Å². The number of rotatable bonds is 3. The molecule has 30 heavy (non-hydrogen) atoms. The van der Waals surface area contributed by atoms with Crippen LogP contribution in [-0.2, 0) is 0 Å². The molecule has 1 saturated heterocycles. The number of nitrogens with zero attached hydrogens (tertiary/aromatic N) is 3. The molecule has 1 unspecified atom stereocenters. The van der Waals surface area contributed by atoms with Gasteiger partial charge in [0.05, 0.1) is 22.7 Å². The van der Waals surface area contributed by atoms with Gasteiger partial charge >= 0.3 is 0 Å². The van der Waals surface area contributed by atoms with Gasteiger partial charge in [0.2, 0.25) is 0 Å². The maximum absolute atomic E-state index is 13.5. The molecule has 5 heteroatoms. The third kappa shape index (κ3) is 2.81. The van der Waals surface area contributed by atoms with E-state index in [2.05, 4.69) is 23.1 Å². The summed E-state index contributed by atoms with van der Waals surface area (Å²) in [7, 11) is 0. The Bertz CT molecular complexity index is 1330. The number of pyridine rings is 2. The number of hydrogen-bond donors (Lipinski definition) is 1. The van der Waals surface area contributed by atoms with Crippen molar-refractivity contribution < 1.29 is 5.11 Å². The predicted molar refractivity (Wildman–Crippen MR) is 119 cm³/mol. The van der Waals surface area contributed by atoms with Gasteiger partial charge in [-0.2, -0.15) is 0 Å². The highest BCUT2D eigenvalue weighted by molar-refractivity contribution is 5.93. The molecule has 6 rings (SSSR count). The molecule has 1 saturated carbocycles. The van der Waals surface area contributed by atoms with Crippen molar-refractivity contribution in [1.29, 1.82) is 0 Å². The van der Waals surface area contributed by atoms with Crippen LogP contribution in [0.5, 0.6) is 0 Å². The molecular weight excluding hydrogens is 374 g/mol. The first-order valence-corrected chi connectivity index (χ1v) is 10.6. The molecular formula is C25H23N3O2. The average Bonchev–Trinajstić information content (AvgIpc) is 3.45. The highest BCUT2D eigenvalue weighted by Crippen LogP contribution is 2.50. The number of benzene rings is 2. The summed E-state index contributed by atoms with van der Waals surface area (Å²) in [6.07, 6.45) is 3.29. The summed E-state index contributed by atoms with van der Waals surface area (Å²) in [4.78, 5) is 20.5. The van der Waals surface area contributed by atoms with Gasteiger partial charge in [-0.15, -0.1) is 0 Å². The van der Waals surface area contributed by atoms with E-state index < -0.39 is 0 Å². The van der Waals surface area contributed by atoms with Crippen LogP contribution in [0.4, 0.5) is 5.69 Å². The van der Waals surface area contributed by atoms with Gasteiger partial charge in [0.1, 0.15) is 0 Å². The topological polar surface area (TPSA) is 58.4 Å². The standard InChI is InChI=1S/C25H23N3O2/c29-18-11-12-27(15-18)22-7-3-5-17-10-13-28(25(30)24(17)22)23-14-19(23)21-9-8-16-4-1-2-6-20(16)26-21/h1-10,13,18-19,23,29H,11-12,14-15H2/t18-,19?,23-/m1/s1. The number of anilines is 1. The third-order valence-corrected chi connectivity index (χ3v) is 6.56. The Morgan fingerprint density at radius 1 is 0.967 bits per heavy atom. The maximum Gasteiger partial charge on any atom is 0.260 e. The van der Waals surface area contributed by atoms with Gasteiger partial charge in [0.15, 0.2) is 0 Å². The van der Waals surface area contributed by atoms with Crippen LogP contribution in [0.1, 0.15) is 30.5 Å². The molecule has 2 aliphatic rings. The number of para-hydroxylation sites is 1. The lowest BCUT2D eigenvalue weighted by molar-refractivity contribution is 0.198. The van der Waals surface area contributed by atoms with Crippen molar-refractivity contribution in [2.45, 2.75) is 30.9 Å². The SMILES string of the molecule is O=c1c2c(N3CC[C@@H](O)C3)cccc2ccn1[C@@H]1CC1c1ccc2ccccc2n1. The Morgan fingerprint density at radius 2 is 1.83 bits per heavy atom. The van der Waals surface area contributed by atoms with E-state index in [1.807, 2.05) is 53.2 Å².